The number of hydrogen-bond donors (Lipinski definition) is 2. The van der Waals surface area contributed by atoms with Gasteiger partial charge in [0.05, 0.1) is 6.10 Å². The van der Waals surface area contributed by atoms with Crippen LogP contribution >= 0.6 is 0 Å². The lowest BCUT2D eigenvalue weighted by Crippen LogP contribution is -2.22. The molecule has 3 nitrogen and oxygen atoms in total. The van der Waals surface area contributed by atoms with E-state index in [9.17, 15) is 4.79 Å². The minimum absolute atomic E-state index is 0.135. The third kappa shape index (κ3) is 7.28. The Balaban J connectivity index is 3.46. The number of nitrogens with one attached hydrogen (secondary N) is 1. The van der Waals surface area contributed by atoms with E-state index in [0.717, 1.165) is 12.8 Å². The maximum atomic E-state index is 10.9. The van der Waals surface area contributed by atoms with E-state index in [-0.39, 0.29) is 5.91 Å². The Bertz CT molecular complexity index is 153. The minimum Gasteiger partial charge on any atom is -0.389 e. The van der Waals surface area contributed by atoms with Crippen molar-refractivity contribution in [1.82, 2.24) is 5.32 Å². The highest BCUT2D eigenvalue weighted by Crippen LogP contribution is 1.85. The third-order valence-electron chi connectivity index (χ3n) is 1.36. The molecule has 0 rings (SSSR count). The molecule has 3 heteroatoms. The Morgan fingerprint density at radius 1 is 1.67 bits per heavy atom. The molecule has 0 aliphatic heterocycles. The summed E-state index contributed by atoms with van der Waals surface area (Å²) in [7, 11) is 0. The molecule has 0 radical (unpaired) electrons. The van der Waals surface area contributed by atoms with E-state index in [1.165, 1.54) is 12.2 Å². The van der Waals surface area contributed by atoms with Gasteiger partial charge in [-0.1, -0.05) is 19.4 Å². The van der Waals surface area contributed by atoms with Crippen LogP contribution in [0.25, 0.3) is 0 Å². The van der Waals surface area contributed by atoms with Crippen LogP contribution in [0.2, 0.25) is 0 Å². The van der Waals surface area contributed by atoms with E-state index in [4.69, 9.17) is 5.11 Å². The van der Waals surface area contributed by atoms with Crippen LogP contribution in [-0.4, -0.2) is 23.7 Å². The Hall–Kier alpha value is -0.830. The zero-order valence-electron chi connectivity index (χ0n) is 7.71. The van der Waals surface area contributed by atoms with Crippen molar-refractivity contribution in [3.63, 3.8) is 0 Å². The fourth-order valence-corrected chi connectivity index (χ4v) is 0.674. The second-order valence-electron chi connectivity index (χ2n) is 2.74. The topological polar surface area (TPSA) is 49.3 Å². The molecule has 2 N–H and O–H groups in total. The van der Waals surface area contributed by atoms with Crippen molar-refractivity contribution in [1.29, 1.82) is 0 Å². The molecule has 0 aromatic rings. The number of aliphatic hydroxyl groups excluding tert-OH is 1. The molecule has 0 aromatic carbocycles. The van der Waals surface area contributed by atoms with Crippen molar-refractivity contribution in [2.24, 2.45) is 0 Å². The molecule has 0 fully saturated rings. The summed E-state index contributed by atoms with van der Waals surface area (Å²) in [6.07, 6.45) is 4.33. The van der Waals surface area contributed by atoms with E-state index < -0.39 is 6.10 Å². The van der Waals surface area contributed by atoms with Crippen molar-refractivity contribution < 1.29 is 9.90 Å². The number of aliphatic hydroxyl groups is 1. The van der Waals surface area contributed by atoms with Crippen LogP contribution in [0.5, 0.6) is 0 Å². The largest absolute Gasteiger partial charge is 0.389 e. The van der Waals surface area contributed by atoms with Crippen LogP contribution in [0.3, 0.4) is 0 Å². The molecule has 0 saturated carbocycles. The predicted molar refractivity (Wildman–Crippen MR) is 48.7 cm³/mol. The molecule has 0 saturated heterocycles. The number of hydrogen-bond acceptors (Lipinski definition) is 2. The summed E-state index contributed by atoms with van der Waals surface area (Å²) in [5, 5.41) is 11.5. The molecule has 0 aliphatic carbocycles. The first kappa shape index (κ1) is 11.2. The van der Waals surface area contributed by atoms with Gasteiger partial charge in [-0.25, -0.2) is 0 Å². The quantitative estimate of drug-likeness (QED) is 0.475. The number of rotatable bonds is 5. The highest BCUT2D eigenvalue weighted by Gasteiger charge is 1.93. The Morgan fingerprint density at radius 3 is 2.83 bits per heavy atom. The van der Waals surface area contributed by atoms with E-state index in [2.05, 4.69) is 12.2 Å². The lowest BCUT2D eigenvalue weighted by atomic mass is 10.3. The molecule has 0 aromatic heterocycles. The second-order valence-corrected chi connectivity index (χ2v) is 2.74. The molecule has 1 amide bonds. The smallest absolute Gasteiger partial charge is 0.243 e. The molecule has 0 heterocycles. The first-order chi connectivity index (χ1) is 5.66. The SMILES string of the molecule is CCCCNC(=O)/C=C/C(C)O. The number of carbonyl (C=O) groups excluding carboxylic acids is 1. The summed E-state index contributed by atoms with van der Waals surface area (Å²) in [6.45, 7) is 4.38. The number of unbranched alkanes of at least 4 members (excludes halogenated alkanes) is 1. The van der Waals surface area contributed by atoms with Gasteiger partial charge >= 0.3 is 0 Å². The van der Waals surface area contributed by atoms with Crippen molar-refractivity contribution in [2.75, 3.05) is 6.54 Å². The highest BCUT2D eigenvalue weighted by atomic mass is 16.3. The van der Waals surface area contributed by atoms with Crippen LogP contribution < -0.4 is 5.32 Å². The van der Waals surface area contributed by atoms with Crippen LogP contribution in [0, 0.1) is 0 Å². The number of amides is 1. The minimum atomic E-state index is -0.554. The molecule has 0 spiro atoms. The van der Waals surface area contributed by atoms with Crippen LogP contribution in [0.15, 0.2) is 12.2 Å². The van der Waals surface area contributed by atoms with Crippen molar-refractivity contribution in [3.05, 3.63) is 12.2 Å². The van der Waals surface area contributed by atoms with Gasteiger partial charge in [0.1, 0.15) is 0 Å². The molecule has 70 valence electrons. The van der Waals surface area contributed by atoms with Gasteiger partial charge in [-0.2, -0.15) is 0 Å². The monoisotopic (exact) mass is 171 g/mol. The zero-order valence-corrected chi connectivity index (χ0v) is 7.71. The van der Waals surface area contributed by atoms with Gasteiger partial charge in [0.2, 0.25) is 5.91 Å². The van der Waals surface area contributed by atoms with E-state index in [0.29, 0.717) is 6.54 Å². The van der Waals surface area contributed by atoms with Crippen molar-refractivity contribution in [3.8, 4) is 0 Å². The average molecular weight is 171 g/mol. The molecule has 1 atom stereocenters. The van der Waals surface area contributed by atoms with Gasteiger partial charge in [-0.3, -0.25) is 4.79 Å². The van der Waals surface area contributed by atoms with Gasteiger partial charge in [-0.05, 0) is 13.3 Å². The maximum absolute atomic E-state index is 10.9. The lowest BCUT2D eigenvalue weighted by Gasteiger charge is -1.99. The molecule has 12 heavy (non-hydrogen) atoms. The summed E-state index contributed by atoms with van der Waals surface area (Å²) < 4.78 is 0. The molecule has 1 unspecified atom stereocenters. The first-order valence-electron chi connectivity index (χ1n) is 4.31. The van der Waals surface area contributed by atoms with Crippen LogP contribution in [0.4, 0.5) is 0 Å². The fourth-order valence-electron chi connectivity index (χ4n) is 0.674. The van der Waals surface area contributed by atoms with Crippen molar-refractivity contribution >= 4 is 5.91 Å². The molecular weight excluding hydrogens is 154 g/mol. The second kappa shape index (κ2) is 6.85. The summed E-state index contributed by atoms with van der Waals surface area (Å²) in [6, 6.07) is 0. The standard InChI is InChI=1S/C9H17NO2/c1-3-4-7-10-9(12)6-5-8(2)11/h5-6,8,11H,3-4,7H2,1-2H3,(H,10,12)/b6-5+. The fraction of sp³-hybridized carbons (Fsp3) is 0.667. The zero-order chi connectivity index (χ0) is 9.40. The lowest BCUT2D eigenvalue weighted by molar-refractivity contribution is -0.116. The summed E-state index contributed by atoms with van der Waals surface area (Å²) in [5.41, 5.74) is 0. The van der Waals surface area contributed by atoms with Gasteiger partial charge in [-0.15, -0.1) is 0 Å². The van der Waals surface area contributed by atoms with Crippen LogP contribution in [-0.2, 0) is 4.79 Å². The van der Waals surface area contributed by atoms with Crippen LogP contribution in [0.1, 0.15) is 26.7 Å². The average Bonchev–Trinajstić information content (AvgIpc) is 2.01. The highest BCUT2D eigenvalue weighted by molar-refractivity contribution is 5.87. The Labute approximate surface area is 73.5 Å². The van der Waals surface area contributed by atoms with Gasteiger partial charge < -0.3 is 10.4 Å². The summed E-state index contributed by atoms with van der Waals surface area (Å²) in [4.78, 5) is 10.9. The molecule has 0 bridgehead atoms. The Morgan fingerprint density at radius 2 is 2.33 bits per heavy atom. The summed E-state index contributed by atoms with van der Waals surface area (Å²) in [5.74, 6) is -0.135. The normalized spacial score (nSPS) is 13.2. The van der Waals surface area contributed by atoms with Crippen molar-refractivity contribution in [2.45, 2.75) is 32.8 Å². The number of carbonyl (C=O) groups is 1. The molecule has 0 aliphatic rings. The molecular formula is C9H17NO2. The summed E-state index contributed by atoms with van der Waals surface area (Å²) >= 11 is 0. The van der Waals surface area contributed by atoms with Gasteiger partial charge in [0, 0.05) is 12.6 Å². The predicted octanol–water partition coefficient (Wildman–Crippen LogP) is 0.840. The Kier molecular flexibility index (Phi) is 6.38. The maximum Gasteiger partial charge on any atom is 0.243 e. The van der Waals surface area contributed by atoms with E-state index >= 15 is 0 Å². The van der Waals surface area contributed by atoms with E-state index in [1.807, 2.05) is 0 Å². The van der Waals surface area contributed by atoms with E-state index in [1.54, 1.807) is 6.92 Å². The third-order valence-corrected chi connectivity index (χ3v) is 1.36. The van der Waals surface area contributed by atoms with Gasteiger partial charge in [0.15, 0.2) is 0 Å². The van der Waals surface area contributed by atoms with Gasteiger partial charge in [0.25, 0.3) is 0 Å². The first-order valence-corrected chi connectivity index (χ1v) is 4.31.